The molecule has 0 N–H and O–H groups in total. The number of pyridine rings is 1. The molecule has 3 aromatic heterocycles. The Bertz CT molecular complexity index is 1310. The number of imidazole rings is 1. The Labute approximate surface area is 213 Å². The Kier molecular flexibility index (Phi) is 6.87. The molecule has 1 unspecified atom stereocenters. The van der Waals surface area contributed by atoms with E-state index in [4.69, 9.17) is 19.7 Å². The summed E-state index contributed by atoms with van der Waals surface area (Å²) in [6.07, 6.45) is 8.61. The van der Waals surface area contributed by atoms with E-state index in [1.54, 1.807) is 6.20 Å². The van der Waals surface area contributed by atoms with Gasteiger partial charge in [-0.1, -0.05) is 46.9 Å². The van der Waals surface area contributed by atoms with Gasteiger partial charge in [0.2, 0.25) is 0 Å². The van der Waals surface area contributed by atoms with E-state index in [9.17, 15) is 0 Å². The van der Waals surface area contributed by atoms with Crippen LogP contribution in [-0.4, -0.2) is 55.9 Å². The number of aryl methyl sites for hydroxylation is 1. The normalized spacial score (nSPS) is 15.3. The summed E-state index contributed by atoms with van der Waals surface area (Å²) in [6, 6.07) is 12.2. The lowest BCUT2D eigenvalue weighted by atomic mass is 10.0. The van der Waals surface area contributed by atoms with Gasteiger partial charge in [-0.25, -0.2) is 9.97 Å². The maximum atomic E-state index is 5.57. The molecule has 5 rings (SSSR count). The maximum absolute atomic E-state index is 5.57. The predicted molar refractivity (Wildman–Crippen MR) is 144 cm³/mol. The molecule has 0 saturated carbocycles. The highest BCUT2D eigenvalue weighted by atomic mass is 127. The van der Waals surface area contributed by atoms with Gasteiger partial charge in [0.05, 0.1) is 24.6 Å². The van der Waals surface area contributed by atoms with Gasteiger partial charge in [-0.3, -0.25) is 9.98 Å². The highest BCUT2D eigenvalue weighted by Crippen LogP contribution is 2.25. The van der Waals surface area contributed by atoms with Gasteiger partial charge in [0.1, 0.15) is 9.74 Å². The first-order chi connectivity index (χ1) is 16.6. The summed E-state index contributed by atoms with van der Waals surface area (Å²) in [7, 11) is 0. The molecule has 0 amide bonds. The van der Waals surface area contributed by atoms with Gasteiger partial charge < -0.3 is 14.0 Å². The summed E-state index contributed by atoms with van der Waals surface area (Å²) in [4.78, 5) is 21.5. The van der Waals surface area contributed by atoms with Gasteiger partial charge in [0, 0.05) is 44.3 Å². The smallest absolute Gasteiger partial charge is 0.180 e. The van der Waals surface area contributed by atoms with E-state index in [0.717, 1.165) is 53.6 Å². The molecule has 1 fully saturated rings. The molecule has 0 aliphatic carbocycles. The number of alkyl halides is 1. The van der Waals surface area contributed by atoms with Crippen LogP contribution in [-0.2, 0) is 11.2 Å². The third kappa shape index (κ3) is 4.97. The fraction of sp³-hybridized carbons (Fsp3) is 0.308. The van der Waals surface area contributed by atoms with Crippen LogP contribution in [0.15, 0.2) is 60.0 Å². The number of morpholine rings is 1. The van der Waals surface area contributed by atoms with Crippen LogP contribution in [0.25, 0.3) is 17.0 Å². The number of nitrogens with zero attached hydrogens (tertiary/aromatic N) is 6. The first kappa shape index (κ1) is 22.9. The van der Waals surface area contributed by atoms with E-state index in [1.165, 1.54) is 11.1 Å². The Morgan fingerprint density at radius 2 is 1.91 bits per heavy atom. The van der Waals surface area contributed by atoms with Gasteiger partial charge in [-0.2, -0.15) is 0 Å². The van der Waals surface area contributed by atoms with Crippen LogP contribution in [0.4, 0.5) is 5.82 Å². The number of hydrogen-bond acceptors (Lipinski definition) is 6. The number of ether oxygens (including phenoxy) is 1. The van der Waals surface area contributed by atoms with Gasteiger partial charge in [-0.05, 0) is 42.7 Å². The number of hydrogen-bond donors (Lipinski definition) is 0. The van der Waals surface area contributed by atoms with Crippen molar-refractivity contribution in [2.24, 2.45) is 4.99 Å². The minimum absolute atomic E-state index is 0.0683. The van der Waals surface area contributed by atoms with Crippen LogP contribution in [0, 0.1) is 13.8 Å². The maximum Gasteiger partial charge on any atom is 0.180 e. The second kappa shape index (κ2) is 10.2. The quantitative estimate of drug-likeness (QED) is 0.147. The second-order valence-electron chi connectivity index (χ2n) is 8.43. The molecule has 1 aliphatic rings. The zero-order chi connectivity index (χ0) is 23.5. The van der Waals surface area contributed by atoms with E-state index in [1.807, 2.05) is 30.6 Å². The molecular weight excluding hydrogens is 539 g/mol. The average molecular weight is 566 g/mol. The van der Waals surface area contributed by atoms with Crippen LogP contribution in [0.3, 0.4) is 0 Å². The lowest BCUT2D eigenvalue weighted by Gasteiger charge is -2.28. The summed E-state index contributed by atoms with van der Waals surface area (Å²) < 4.78 is 7.71. The summed E-state index contributed by atoms with van der Waals surface area (Å²) in [6.45, 7) is 7.26. The molecule has 1 atom stereocenters. The van der Waals surface area contributed by atoms with Crippen molar-refractivity contribution in [1.82, 2.24) is 19.4 Å². The first-order valence-corrected chi connectivity index (χ1v) is 12.7. The molecule has 4 heterocycles. The van der Waals surface area contributed by atoms with Crippen molar-refractivity contribution in [2.45, 2.75) is 24.3 Å². The molecular formula is C26H27IN6O. The number of halogens is 1. The van der Waals surface area contributed by atoms with Gasteiger partial charge in [-0.15, -0.1) is 0 Å². The number of anilines is 1. The molecule has 1 saturated heterocycles. The molecule has 1 aliphatic heterocycles. The first-order valence-electron chi connectivity index (χ1n) is 11.4. The Hall–Kier alpha value is -2.85. The fourth-order valence-electron chi connectivity index (χ4n) is 4.06. The molecule has 0 bridgehead atoms. The SMILES string of the molecule is Cc1cccc(C=NC(I)Cc2cn3cc(-c4ccccn4)nc3c(N3CCOCC3)n2)c1C. The predicted octanol–water partition coefficient (Wildman–Crippen LogP) is 4.67. The van der Waals surface area contributed by atoms with Crippen molar-refractivity contribution < 1.29 is 4.74 Å². The standard InChI is InChI=1S/C26H27IN6O/c1-18-6-5-7-20(19(18)2)15-29-24(27)14-21-16-33-17-23(22-8-3-4-9-28-22)31-26(33)25(30-21)32-10-12-34-13-11-32/h3-9,15-17,24H,10-14H2,1-2H3. The molecule has 0 radical (unpaired) electrons. The Morgan fingerprint density at radius 3 is 2.71 bits per heavy atom. The van der Waals surface area contributed by atoms with Crippen molar-refractivity contribution in [1.29, 1.82) is 0 Å². The molecule has 4 aromatic rings. The van der Waals surface area contributed by atoms with Crippen LogP contribution >= 0.6 is 22.6 Å². The van der Waals surface area contributed by atoms with Crippen molar-refractivity contribution in [3.8, 4) is 11.4 Å². The Balaban J connectivity index is 1.46. The lowest BCUT2D eigenvalue weighted by Crippen LogP contribution is -2.37. The van der Waals surface area contributed by atoms with Gasteiger partial charge >= 0.3 is 0 Å². The summed E-state index contributed by atoms with van der Waals surface area (Å²) >= 11 is 2.39. The number of rotatable bonds is 6. The number of aromatic nitrogens is 4. The highest BCUT2D eigenvalue weighted by molar-refractivity contribution is 14.1. The van der Waals surface area contributed by atoms with Crippen molar-refractivity contribution >= 4 is 40.3 Å². The van der Waals surface area contributed by atoms with Gasteiger partial charge in [0.15, 0.2) is 11.5 Å². The third-order valence-electron chi connectivity index (χ3n) is 6.11. The molecule has 174 valence electrons. The van der Waals surface area contributed by atoms with E-state index < -0.39 is 0 Å². The van der Waals surface area contributed by atoms with E-state index >= 15 is 0 Å². The van der Waals surface area contributed by atoms with E-state index in [0.29, 0.717) is 13.2 Å². The van der Waals surface area contributed by atoms with Crippen LogP contribution in [0.5, 0.6) is 0 Å². The number of fused-ring (bicyclic) bond motifs is 1. The number of benzene rings is 1. The average Bonchev–Trinajstić information content (AvgIpc) is 3.30. The Morgan fingerprint density at radius 1 is 1.06 bits per heavy atom. The van der Waals surface area contributed by atoms with Crippen molar-refractivity contribution in [2.75, 3.05) is 31.2 Å². The lowest BCUT2D eigenvalue weighted by molar-refractivity contribution is 0.122. The minimum atomic E-state index is 0.0683. The zero-order valence-electron chi connectivity index (χ0n) is 19.4. The molecule has 0 spiro atoms. The second-order valence-corrected chi connectivity index (χ2v) is 9.87. The topological polar surface area (TPSA) is 67.9 Å². The minimum Gasteiger partial charge on any atom is -0.378 e. The number of aliphatic imine (C=N–C) groups is 1. The molecule has 34 heavy (non-hydrogen) atoms. The molecule has 1 aromatic carbocycles. The highest BCUT2D eigenvalue weighted by Gasteiger charge is 2.20. The monoisotopic (exact) mass is 566 g/mol. The zero-order valence-corrected chi connectivity index (χ0v) is 21.5. The van der Waals surface area contributed by atoms with Crippen LogP contribution < -0.4 is 4.90 Å². The fourth-order valence-corrected chi connectivity index (χ4v) is 4.67. The summed E-state index contributed by atoms with van der Waals surface area (Å²) in [5.74, 6) is 0.894. The van der Waals surface area contributed by atoms with E-state index in [-0.39, 0.29) is 4.05 Å². The van der Waals surface area contributed by atoms with Gasteiger partial charge in [0.25, 0.3) is 0 Å². The van der Waals surface area contributed by atoms with Crippen molar-refractivity contribution in [3.05, 3.63) is 77.4 Å². The van der Waals surface area contributed by atoms with Crippen LogP contribution in [0.2, 0.25) is 0 Å². The van der Waals surface area contributed by atoms with Crippen LogP contribution in [0.1, 0.15) is 22.4 Å². The summed E-state index contributed by atoms with van der Waals surface area (Å²) in [5, 5.41) is 0. The van der Waals surface area contributed by atoms with Crippen molar-refractivity contribution in [3.63, 3.8) is 0 Å². The molecule has 8 heteroatoms. The molecule has 7 nitrogen and oxygen atoms in total. The third-order valence-corrected chi connectivity index (χ3v) is 6.87. The summed E-state index contributed by atoms with van der Waals surface area (Å²) in [5.41, 5.74) is 7.23. The largest absolute Gasteiger partial charge is 0.378 e. The van der Waals surface area contributed by atoms with E-state index in [2.05, 4.69) is 75.1 Å².